The highest BCUT2D eigenvalue weighted by molar-refractivity contribution is 14.0. The third kappa shape index (κ3) is 6.14. The summed E-state index contributed by atoms with van der Waals surface area (Å²) in [5.74, 6) is -1.10. The van der Waals surface area contributed by atoms with Crippen molar-refractivity contribution in [3.05, 3.63) is 18.2 Å². The van der Waals surface area contributed by atoms with Gasteiger partial charge in [0.2, 0.25) is 5.92 Å². The molecule has 26 heavy (non-hydrogen) atoms. The molecule has 146 valence electrons. The quantitative estimate of drug-likeness (QED) is 0.291. The van der Waals surface area contributed by atoms with E-state index < -0.39 is 5.92 Å². The molecule has 0 saturated heterocycles. The topological polar surface area (TPSA) is 68.9 Å². The molecule has 1 saturated carbocycles. The number of nitrogens with zero attached hydrogens (tertiary/aromatic N) is 1. The van der Waals surface area contributed by atoms with Crippen LogP contribution < -0.4 is 20.5 Å². The number of nitrogens with two attached hydrogens (primary N) is 1. The molecule has 1 aliphatic heterocycles. The highest BCUT2D eigenvalue weighted by Gasteiger charge is 2.34. The maximum absolute atomic E-state index is 13.7. The summed E-state index contributed by atoms with van der Waals surface area (Å²) < 4.78 is 38.5. The lowest BCUT2D eigenvalue weighted by molar-refractivity contribution is -0.0241. The van der Waals surface area contributed by atoms with Gasteiger partial charge >= 0.3 is 0 Å². The molecule has 0 aromatic heterocycles. The monoisotopic (exact) mass is 481 g/mol. The number of fused-ring (bicyclic) bond motifs is 1. The second-order valence-corrected chi connectivity index (χ2v) is 6.73. The fraction of sp³-hybridized carbons (Fsp3) is 0.611. The second-order valence-electron chi connectivity index (χ2n) is 6.73. The van der Waals surface area contributed by atoms with Gasteiger partial charge in [-0.05, 0) is 30.9 Å². The Balaban J connectivity index is 0.00000243. The molecule has 1 fully saturated rings. The van der Waals surface area contributed by atoms with Crippen LogP contribution in [0, 0.1) is 5.92 Å². The molecule has 1 unspecified atom stereocenters. The highest BCUT2D eigenvalue weighted by atomic mass is 127. The van der Waals surface area contributed by atoms with Crippen molar-refractivity contribution in [2.75, 3.05) is 25.1 Å². The van der Waals surface area contributed by atoms with Gasteiger partial charge in [0.1, 0.15) is 0 Å². The number of nitrogens with one attached hydrogen (secondary N) is 1. The van der Waals surface area contributed by atoms with Crippen molar-refractivity contribution < 1.29 is 18.3 Å². The van der Waals surface area contributed by atoms with Gasteiger partial charge in [-0.2, -0.15) is 0 Å². The lowest BCUT2D eigenvalue weighted by atomic mass is 9.99. The SMILES string of the molecule is I.NC(=NCC1CCCCC(F)(F)C1)Nc1ccc2c(c1)OCCCO2. The third-order valence-corrected chi connectivity index (χ3v) is 4.53. The minimum absolute atomic E-state index is 0. The Morgan fingerprint density at radius 2 is 1.96 bits per heavy atom. The van der Waals surface area contributed by atoms with E-state index in [-0.39, 0.29) is 48.7 Å². The minimum Gasteiger partial charge on any atom is -0.490 e. The van der Waals surface area contributed by atoms with Crippen LogP contribution in [0.25, 0.3) is 0 Å². The van der Waals surface area contributed by atoms with E-state index in [1.54, 1.807) is 0 Å². The van der Waals surface area contributed by atoms with Gasteiger partial charge in [-0.15, -0.1) is 24.0 Å². The Bertz CT molecular complexity index is 628. The Morgan fingerprint density at radius 3 is 2.77 bits per heavy atom. The Labute approximate surface area is 169 Å². The summed E-state index contributed by atoms with van der Waals surface area (Å²) >= 11 is 0. The standard InChI is InChI=1S/C18H25F2N3O2.HI/c19-18(20)7-2-1-4-13(11-18)12-22-17(21)23-14-5-6-15-16(10-14)25-9-3-8-24-15;/h5-6,10,13H,1-4,7-9,11-12H2,(H3,21,22,23);1H. The highest BCUT2D eigenvalue weighted by Crippen LogP contribution is 2.35. The van der Waals surface area contributed by atoms with E-state index in [0.717, 1.165) is 24.9 Å². The molecular formula is C18H26F2IN3O2. The van der Waals surface area contributed by atoms with Crippen LogP contribution in [-0.2, 0) is 0 Å². The number of alkyl halides is 2. The zero-order chi connectivity index (χ0) is 17.7. The van der Waals surface area contributed by atoms with Crippen molar-refractivity contribution >= 4 is 35.6 Å². The van der Waals surface area contributed by atoms with Crippen molar-refractivity contribution in [1.29, 1.82) is 0 Å². The first-order valence-electron chi connectivity index (χ1n) is 8.86. The molecule has 1 aromatic carbocycles. The molecule has 1 aliphatic carbocycles. The smallest absolute Gasteiger partial charge is 0.248 e. The van der Waals surface area contributed by atoms with Gasteiger partial charge in [-0.25, -0.2) is 8.78 Å². The van der Waals surface area contributed by atoms with Gasteiger partial charge < -0.3 is 20.5 Å². The van der Waals surface area contributed by atoms with Gasteiger partial charge in [-0.1, -0.05) is 6.42 Å². The summed E-state index contributed by atoms with van der Waals surface area (Å²) in [6.45, 7) is 1.56. The van der Waals surface area contributed by atoms with Crippen LogP contribution in [0.2, 0.25) is 0 Å². The summed E-state index contributed by atoms with van der Waals surface area (Å²) in [5.41, 5.74) is 6.65. The summed E-state index contributed by atoms with van der Waals surface area (Å²) in [6, 6.07) is 5.46. The number of benzene rings is 1. The average molecular weight is 481 g/mol. The second kappa shape index (κ2) is 9.57. The summed E-state index contributed by atoms with van der Waals surface area (Å²) in [7, 11) is 0. The summed E-state index contributed by atoms with van der Waals surface area (Å²) in [6.07, 6.45) is 2.90. The molecule has 8 heteroatoms. The molecule has 0 bridgehead atoms. The number of ether oxygens (including phenoxy) is 2. The van der Waals surface area contributed by atoms with Crippen LogP contribution in [0.4, 0.5) is 14.5 Å². The Hall–Kier alpha value is -1.32. The van der Waals surface area contributed by atoms with Crippen molar-refractivity contribution in [3.8, 4) is 11.5 Å². The normalized spacial score (nSPS) is 22.5. The van der Waals surface area contributed by atoms with Crippen molar-refractivity contribution in [2.45, 2.75) is 44.4 Å². The number of anilines is 1. The fourth-order valence-corrected chi connectivity index (χ4v) is 3.25. The van der Waals surface area contributed by atoms with E-state index in [2.05, 4.69) is 10.3 Å². The summed E-state index contributed by atoms with van der Waals surface area (Å²) in [5, 5.41) is 2.99. The van der Waals surface area contributed by atoms with E-state index in [9.17, 15) is 8.78 Å². The van der Waals surface area contributed by atoms with E-state index in [0.29, 0.717) is 37.7 Å². The molecule has 1 heterocycles. The molecule has 0 spiro atoms. The van der Waals surface area contributed by atoms with Crippen LogP contribution >= 0.6 is 24.0 Å². The molecular weight excluding hydrogens is 455 g/mol. The first kappa shape index (κ1) is 21.0. The molecule has 5 nitrogen and oxygen atoms in total. The first-order chi connectivity index (χ1) is 12.0. The first-order valence-corrected chi connectivity index (χ1v) is 8.86. The molecule has 1 atom stereocenters. The third-order valence-electron chi connectivity index (χ3n) is 4.53. The number of hydrogen-bond acceptors (Lipinski definition) is 3. The van der Waals surface area contributed by atoms with E-state index >= 15 is 0 Å². The average Bonchev–Trinajstić information content (AvgIpc) is 2.90. The van der Waals surface area contributed by atoms with E-state index in [1.165, 1.54) is 0 Å². The molecule has 3 N–H and O–H groups in total. The number of rotatable bonds is 3. The van der Waals surface area contributed by atoms with Gasteiger partial charge in [0.25, 0.3) is 0 Å². The number of aliphatic imine (C=N–C) groups is 1. The Morgan fingerprint density at radius 1 is 1.19 bits per heavy atom. The van der Waals surface area contributed by atoms with Crippen LogP contribution in [0.3, 0.4) is 0 Å². The molecule has 0 amide bonds. The predicted molar refractivity (Wildman–Crippen MR) is 109 cm³/mol. The fourth-order valence-electron chi connectivity index (χ4n) is 3.25. The molecule has 2 aliphatic rings. The van der Waals surface area contributed by atoms with Gasteiger partial charge in [-0.3, -0.25) is 4.99 Å². The number of halogens is 3. The van der Waals surface area contributed by atoms with Crippen LogP contribution in [0.15, 0.2) is 23.2 Å². The zero-order valence-corrected chi connectivity index (χ0v) is 17.0. The largest absolute Gasteiger partial charge is 0.490 e. The van der Waals surface area contributed by atoms with Gasteiger partial charge in [0, 0.05) is 37.6 Å². The van der Waals surface area contributed by atoms with Crippen LogP contribution in [0.5, 0.6) is 11.5 Å². The van der Waals surface area contributed by atoms with E-state index in [1.807, 2.05) is 18.2 Å². The maximum Gasteiger partial charge on any atom is 0.248 e. The number of guanidine groups is 1. The van der Waals surface area contributed by atoms with Gasteiger partial charge in [0.15, 0.2) is 17.5 Å². The predicted octanol–water partition coefficient (Wildman–Crippen LogP) is 4.41. The van der Waals surface area contributed by atoms with E-state index in [4.69, 9.17) is 15.2 Å². The summed E-state index contributed by atoms with van der Waals surface area (Å²) in [4.78, 5) is 4.26. The molecule has 0 radical (unpaired) electrons. The number of hydrogen-bond donors (Lipinski definition) is 2. The van der Waals surface area contributed by atoms with Crippen molar-refractivity contribution in [3.63, 3.8) is 0 Å². The van der Waals surface area contributed by atoms with Crippen molar-refractivity contribution in [2.24, 2.45) is 16.6 Å². The maximum atomic E-state index is 13.7. The minimum atomic E-state index is -2.58. The van der Waals surface area contributed by atoms with Crippen LogP contribution in [0.1, 0.15) is 38.5 Å². The van der Waals surface area contributed by atoms with Crippen molar-refractivity contribution in [1.82, 2.24) is 0 Å². The molecule has 3 rings (SSSR count). The van der Waals surface area contributed by atoms with Crippen LogP contribution in [-0.4, -0.2) is 31.6 Å². The Kier molecular flexibility index (Phi) is 7.72. The zero-order valence-electron chi connectivity index (χ0n) is 14.7. The van der Waals surface area contributed by atoms with Gasteiger partial charge in [0.05, 0.1) is 13.2 Å². The molecule has 1 aromatic rings. The lowest BCUT2D eigenvalue weighted by Gasteiger charge is -2.18. The lowest BCUT2D eigenvalue weighted by Crippen LogP contribution is -2.25.